The minimum Gasteiger partial charge on any atom is -0.466 e. The molecule has 0 fully saturated rings. The number of ether oxygens (including phenoxy) is 1. The first-order valence-corrected chi connectivity index (χ1v) is 38.6. The van der Waals surface area contributed by atoms with E-state index in [0.29, 0.717) is 25.9 Å². The van der Waals surface area contributed by atoms with Crippen molar-refractivity contribution in [2.75, 3.05) is 13.2 Å². The van der Waals surface area contributed by atoms with Crippen LogP contribution < -0.4 is 5.32 Å². The standard InChI is InChI=1S/C78H151NO5/c1-3-5-7-9-11-13-15-17-19-20-21-22-23-27-30-33-36-39-43-46-50-54-58-62-66-70-76(81)75(74-80)79-77(82)71-67-63-59-55-51-47-44-40-37-34-31-28-25-24-26-29-32-35-38-41-45-49-53-57-61-65-69-73-84-78(83)72-68-64-60-56-52-48-42-18-16-14-12-10-8-6-4-2/h18,24-25,42,75-76,80-81H,3-17,19-23,26-41,43-74H2,1-2H3,(H,79,82)/b25-24-,42-18-. The van der Waals surface area contributed by atoms with Crippen LogP contribution >= 0.6 is 0 Å². The van der Waals surface area contributed by atoms with Crippen LogP contribution in [0.25, 0.3) is 0 Å². The Kier molecular flexibility index (Phi) is 72.3. The average molecular weight is 1180 g/mol. The Morgan fingerprint density at radius 2 is 0.560 bits per heavy atom. The molecule has 0 radical (unpaired) electrons. The number of aliphatic hydroxyl groups is 2. The molecule has 84 heavy (non-hydrogen) atoms. The third-order valence-electron chi connectivity index (χ3n) is 18.2. The Labute approximate surface area is 526 Å². The Bertz CT molecular complexity index is 1320. The van der Waals surface area contributed by atoms with E-state index < -0.39 is 12.1 Å². The van der Waals surface area contributed by atoms with Gasteiger partial charge in [0.15, 0.2) is 0 Å². The summed E-state index contributed by atoms with van der Waals surface area (Å²) < 4.78 is 5.49. The number of nitrogens with one attached hydrogen (secondary N) is 1. The van der Waals surface area contributed by atoms with Crippen molar-refractivity contribution in [3.8, 4) is 0 Å². The number of unbranched alkanes of at least 4 members (excludes halogenated alkanes) is 58. The molecule has 0 saturated heterocycles. The Balaban J connectivity index is 3.38. The van der Waals surface area contributed by atoms with E-state index in [4.69, 9.17) is 4.74 Å². The summed E-state index contributed by atoms with van der Waals surface area (Å²) in [6.07, 6.45) is 94.0. The first-order chi connectivity index (χ1) is 41.5. The lowest BCUT2D eigenvalue weighted by Crippen LogP contribution is -2.45. The molecule has 0 heterocycles. The normalized spacial score (nSPS) is 12.6. The van der Waals surface area contributed by atoms with Crippen LogP contribution in [0.2, 0.25) is 0 Å². The predicted octanol–water partition coefficient (Wildman–Crippen LogP) is 25.3. The fraction of sp³-hybridized carbons (Fsp3) is 0.923. The summed E-state index contributed by atoms with van der Waals surface area (Å²) in [7, 11) is 0. The fourth-order valence-electron chi connectivity index (χ4n) is 12.3. The molecule has 0 aromatic heterocycles. The van der Waals surface area contributed by atoms with Crippen LogP contribution in [0.3, 0.4) is 0 Å². The number of hydrogen-bond donors (Lipinski definition) is 3. The van der Waals surface area contributed by atoms with E-state index in [2.05, 4.69) is 43.5 Å². The molecule has 0 aliphatic rings. The molecule has 1 amide bonds. The van der Waals surface area contributed by atoms with E-state index in [0.717, 1.165) is 44.9 Å². The number of carbonyl (C=O) groups is 2. The molecule has 6 nitrogen and oxygen atoms in total. The molecule has 498 valence electrons. The van der Waals surface area contributed by atoms with E-state index in [-0.39, 0.29) is 18.5 Å². The molecule has 0 aliphatic heterocycles. The quantitative estimate of drug-likeness (QED) is 0.0320. The maximum atomic E-state index is 12.6. The maximum absolute atomic E-state index is 12.6. The molecule has 3 N–H and O–H groups in total. The van der Waals surface area contributed by atoms with Crippen molar-refractivity contribution in [3.63, 3.8) is 0 Å². The number of aliphatic hydroxyl groups excluding tert-OH is 2. The van der Waals surface area contributed by atoms with Crippen LogP contribution in [-0.2, 0) is 14.3 Å². The summed E-state index contributed by atoms with van der Waals surface area (Å²) in [5, 5.41) is 23.5. The summed E-state index contributed by atoms with van der Waals surface area (Å²) >= 11 is 0. The molecule has 0 spiro atoms. The third kappa shape index (κ3) is 69.4. The lowest BCUT2D eigenvalue weighted by atomic mass is 10.0. The van der Waals surface area contributed by atoms with Gasteiger partial charge in [-0.1, -0.05) is 372 Å². The smallest absolute Gasteiger partial charge is 0.305 e. The molecule has 2 atom stereocenters. The molecule has 0 aliphatic carbocycles. The molecule has 0 aromatic carbocycles. The number of carbonyl (C=O) groups excluding carboxylic acids is 2. The molecule has 2 unspecified atom stereocenters. The van der Waals surface area contributed by atoms with E-state index in [1.807, 2.05) is 0 Å². The molecule has 0 saturated carbocycles. The third-order valence-corrected chi connectivity index (χ3v) is 18.2. The number of esters is 1. The van der Waals surface area contributed by atoms with Crippen molar-refractivity contribution in [3.05, 3.63) is 24.3 Å². The van der Waals surface area contributed by atoms with Crippen LogP contribution in [0.1, 0.15) is 438 Å². The van der Waals surface area contributed by atoms with Crippen LogP contribution in [0, 0.1) is 0 Å². The maximum Gasteiger partial charge on any atom is 0.305 e. The van der Waals surface area contributed by atoms with E-state index in [1.165, 1.54) is 360 Å². The highest BCUT2D eigenvalue weighted by Gasteiger charge is 2.20. The van der Waals surface area contributed by atoms with Gasteiger partial charge in [-0.05, 0) is 77.0 Å². The van der Waals surface area contributed by atoms with Gasteiger partial charge in [0, 0.05) is 12.8 Å². The Hall–Kier alpha value is -1.66. The molecular formula is C78H151NO5. The van der Waals surface area contributed by atoms with Crippen LogP contribution in [-0.4, -0.2) is 47.4 Å². The highest BCUT2D eigenvalue weighted by molar-refractivity contribution is 5.76. The second kappa shape index (κ2) is 73.8. The van der Waals surface area contributed by atoms with Gasteiger partial charge in [-0.25, -0.2) is 0 Å². The summed E-state index contributed by atoms with van der Waals surface area (Å²) in [6.45, 7) is 4.99. The van der Waals surface area contributed by atoms with Crippen molar-refractivity contribution >= 4 is 11.9 Å². The summed E-state index contributed by atoms with van der Waals surface area (Å²) in [5.74, 6) is -0.0220. The molecule has 0 bridgehead atoms. The molecule has 0 aromatic rings. The number of amides is 1. The van der Waals surface area contributed by atoms with Gasteiger partial charge in [-0.2, -0.15) is 0 Å². The average Bonchev–Trinajstić information content (AvgIpc) is 3.51. The van der Waals surface area contributed by atoms with Gasteiger partial charge in [0.2, 0.25) is 5.91 Å². The van der Waals surface area contributed by atoms with Crippen molar-refractivity contribution in [2.24, 2.45) is 0 Å². The number of rotatable bonds is 73. The zero-order valence-corrected chi connectivity index (χ0v) is 57.2. The highest BCUT2D eigenvalue weighted by atomic mass is 16.5. The minimum atomic E-state index is -0.667. The van der Waals surface area contributed by atoms with Crippen molar-refractivity contribution in [2.45, 2.75) is 450 Å². The second-order valence-corrected chi connectivity index (χ2v) is 26.7. The van der Waals surface area contributed by atoms with E-state index in [1.54, 1.807) is 0 Å². The van der Waals surface area contributed by atoms with Gasteiger partial charge in [-0.15, -0.1) is 0 Å². The van der Waals surface area contributed by atoms with E-state index >= 15 is 0 Å². The lowest BCUT2D eigenvalue weighted by Gasteiger charge is -2.22. The van der Waals surface area contributed by atoms with Gasteiger partial charge >= 0.3 is 5.97 Å². The Morgan fingerprint density at radius 3 is 0.845 bits per heavy atom. The fourth-order valence-corrected chi connectivity index (χ4v) is 12.3. The number of hydrogen-bond acceptors (Lipinski definition) is 5. The van der Waals surface area contributed by atoms with Gasteiger partial charge < -0.3 is 20.3 Å². The van der Waals surface area contributed by atoms with Crippen molar-refractivity contribution in [1.82, 2.24) is 5.32 Å². The lowest BCUT2D eigenvalue weighted by molar-refractivity contribution is -0.143. The predicted molar refractivity (Wildman–Crippen MR) is 370 cm³/mol. The molecular weight excluding hydrogens is 1030 g/mol. The first-order valence-electron chi connectivity index (χ1n) is 38.6. The molecule has 6 heteroatoms. The van der Waals surface area contributed by atoms with Crippen LogP contribution in [0.4, 0.5) is 0 Å². The van der Waals surface area contributed by atoms with Gasteiger partial charge in [0.1, 0.15) is 0 Å². The van der Waals surface area contributed by atoms with E-state index in [9.17, 15) is 19.8 Å². The van der Waals surface area contributed by atoms with Crippen LogP contribution in [0.15, 0.2) is 24.3 Å². The highest BCUT2D eigenvalue weighted by Crippen LogP contribution is 2.20. The number of allylic oxidation sites excluding steroid dienone is 4. The van der Waals surface area contributed by atoms with Crippen molar-refractivity contribution < 1.29 is 24.5 Å². The largest absolute Gasteiger partial charge is 0.466 e. The summed E-state index contributed by atoms with van der Waals surface area (Å²) in [4.78, 5) is 24.7. The first kappa shape index (κ1) is 82.3. The second-order valence-electron chi connectivity index (χ2n) is 26.7. The van der Waals surface area contributed by atoms with Crippen molar-refractivity contribution in [1.29, 1.82) is 0 Å². The monoisotopic (exact) mass is 1180 g/mol. The molecule has 0 rings (SSSR count). The minimum absolute atomic E-state index is 0.00827. The topological polar surface area (TPSA) is 95.9 Å². The van der Waals surface area contributed by atoms with Gasteiger partial charge in [0.05, 0.1) is 25.4 Å². The van der Waals surface area contributed by atoms with Gasteiger partial charge in [-0.3, -0.25) is 9.59 Å². The van der Waals surface area contributed by atoms with Crippen LogP contribution in [0.5, 0.6) is 0 Å². The Morgan fingerprint density at radius 1 is 0.321 bits per heavy atom. The summed E-state index contributed by atoms with van der Waals surface area (Å²) in [5.41, 5.74) is 0. The van der Waals surface area contributed by atoms with Gasteiger partial charge in [0.25, 0.3) is 0 Å². The zero-order valence-electron chi connectivity index (χ0n) is 57.2. The zero-order chi connectivity index (χ0) is 60.6. The summed E-state index contributed by atoms with van der Waals surface area (Å²) in [6, 6.07) is -0.544. The SMILES string of the molecule is CCCCCCCC/C=C\CCCCCCCC(=O)OCCCCCCCCCCCCCC/C=C\CCCCCCCCCCCCCC(=O)NC(CO)C(O)CCCCCCCCCCCCCCCCCCCCCCCCCCC.